The van der Waals surface area contributed by atoms with Gasteiger partial charge < -0.3 is 14.6 Å². The molecule has 1 unspecified atom stereocenters. The summed E-state index contributed by atoms with van der Waals surface area (Å²) in [7, 11) is 0. The zero-order chi connectivity index (χ0) is 12.5. The summed E-state index contributed by atoms with van der Waals surface area (Å²) in [5.41, 5.74) is 2.11. The van der Waals surface area contributed by atoms with E-state index in [4.69, 9.17) is 9.47 Å². The monoisotopic (exact) mass is 248 g/mol. The van der Waals surface area contributed by atoms with Gasteiger partial charge in [0.2, 0.25) is 0 Å². The van der Waals surface area contributed by atoms with Gasteiger partial charge in [-0.15, -0.1) is 0 Å². The van der Waals surface area contributed by atoms with Crippen LogP contribution in [0.1, 0.15) is 36.5 Å². The lowest BCUT2D eigenvalue weighted by atomic mass is 9.86. The first kappa shape index (κ1) is 12.0. The SMILES string of the molecule is Cc1ccc2c(c1)[C@H](O)CC(C1CCOCC1)O2. The first-order valence-electron chi connectivity index (χ1n) is 6.77. The Hall–Kier alpha value is -1.06. The molecule has 2 aliphatic heterocycles. The summed E-state index contributed by atoms with van der Waals surface area (Å²) in [5, 5.41) is 10.3. The van der Waals surface area contributed by atoms with Crippen molar-refractivity contribution < 1.29 is 14.6 Å². The number of aliphatic hydroxyl groups excluding tert-OH is 1. The first-order chi connectivity index (χ1) is 8.74. The van der Waals surface area contributed by atoms with E-state index in [1.54, 1.807) is 0 Å². The van der Waals surface area contributed by atoms with Crippen molar-refractivity contribution >= 4 is 0 Å². The Kier molecular flexibility index (Phi) is 3.27. The van der Waals surface area contributed by atoms with E-state index in [0.717, 1.165) is 37.4 Å². The lowest BCUT2D eigenvalue weighted by Gasteiger charge is -2.36. The molecule has 3 rings (SSSR count). The van der Waals surface area contributed by atoms with E-state index in [1.807, 2.05) is 25.1 Å². The third-order valence-electron chi connectivity index (χ3n) is 4.05. The average molecular weight is 248 g/mol. The third-order valence-corrected chi connectivity index (χ3v) is 4.05. The van der Waals surface area contributed by atoms with Gasteiger partial charge in [0, 0.05) is 31.1 Å². The summed E-state index contributed by atoms with van der Waals surface area (Å²) in [4.78, 5) is 0. The molecule has 0 spiro atoms. The third kappa shape index (κ3) is 2.25. The summed E-state index contributed by atoms with van der Waals surface area (Å²) in [6.07, 6.45) is 2.54. The second kappa shape index (κ2) is 4.90. The van der Waals surface area contributed by atoms with E-state index < -0.39 is 0 Å². The highest BCUT2D eigenvalue weighted by molar-refractivity contribution is 5.40. The minimum absolute atomic E-state index is 0.138. The van der Waals surface area contributed by atoms with Gasteiger partial charge in [0.15, 0.2) is 0 Å². The number of ether oxygens (including phenoxy) is 2. The Morgan fingerprint density at radius 2 is 2.00 bits per heavy atom. The molecule has 1 fully saturated rings. The van der Waals surface area contributed by atoms with Crippen LogP contribution in [-0.4, -0.2) is 24.4 Å². The quantitative estimate of drug-likeness (QED) is 0.830. The van der Waals surface area contributed by atoms with Crippen LogP contribution in [0, 0.1) is 12.8 Å². The van der Waals surface area contributed by atoms with Crippen molar-refractivity contribution in [2.24, 2.45) is 5.92 Å². The Morgan fingerprint density at radius 1 is 1.22 bits per heavy atom. The van der Waals surface area contributed by atoms with Gasteiger partial charge >= 0.3 is 0 Å². The van der Waals surface area contributed by atoms with Gasteiger partial charge in [0.25, 0.3) is 0 Å². The molecule has 1 aromatic carbocycles. The van der Waals surface area contributed by atoms with E-state index >= 15 is 0 Å². The topological polar surface area (TPSA) is 38.7 Å². The maximum Gasteiger partial charge on any atom is 0.125 e. The number of rotatable bonds is 1. The van der Waals surface area contributed by atoms with Crippen molar-refractivity contribution in [1.29, 1.82) is 0 Å². The molecule has 1 N–H and O–H groups in total. The van der Waals surface area contributed by atoms with E-state index in [-0.39, 0.29) is 12.2 Å². The Balaban J connectivity index is 1.80. The van der Waals surface area contributed by atoms with Crippen LogP contribution in [-0.2, 0) is 4.74 Å². The van der Waals surface area contributed by atoms with Crippen LogP contribution in [0.15, 0.2) is 18.2 Å². The molecule has 1 aromatic rings. The molecular formula is C15H20O3. The molecule has 0 aliphatic carbocycles. The molecule has 0 saturated carbocycles. The highest BCUT2D eigenvalue weighted by Gasteiger charge is 2.33. The fraction of sp³-hybridized carbons (Fsp3) is 0.600. The molecule has 0 bridgehead atoms. The molecule has 0 amide bonds. The number of benzene rings is 1. The van der Waals surface area contributed by atoms with Crippen LogP contribution in [0.5, 0.6) is 5.75 Å². The summed E-state index contributed by atoms with van der Waals surface area (Å²) in [6.45, 7) is 3.68. The fourth-order valence-corrected chi connectivity index (χ4v) is 2.97. The maximum absolute atomic E-state index is 10.3. The first-order valence-corrected chi connectivity index (χ1v) is 6.77. The Morgan fingerprint density at radius 3 is 2.78 bits per heavy atom. The van der Waals surface area contributed by atoms with Gasteiger partial charge in [0.1, 0.15) is 11.9 Å². The summed E-state index contributed by atoms with van der Waals surface area (Å²) in [6, 6.07) is 6.05. The van der Waals surface area contributed by atoms with Crippen LogP contribution in [0.3, 0.4) is 0 Å². The predicted octanol–water partition coefficient (Wildman–Crippen LogP) is 2.61. The van der Waals surface area contributed by atoms with E-state index in [0.29, 0.717) is 12.3 Å². The molecule has 2 atom stereocenters. The highest BCUT2D eigenvalue weighted by atomic mass is 16.5. The number of hydrogen-bond donors (Lipinski definition) is 1. The minimum Gasteiger partial charge on any atom is -0.490 e. The highest BCUT2D eigenvalue weighted by Crippen LogP contribution is 2.39. The van der Waals surface area contributed by atoms with E-state index in [1.165, 1.54) is 5.56 Å². The minimum atomic E-state index is -0.388. The summed E-state index contributed by atoms with van der Waals surface area (Å²) >= 11 is 0. The Bertz CT molecular complexity index is 424. The van der Waals surface area contributed by atoms with Crippen molar-refractivity contribution in [3.63, 3.8) is 0 Å². The van der Waals surface area contributed by atoms with Crippen molar-refractivity contribution in [2.75, 3.05) is 13.2 Å². The second-order valence-electron chi connectivity index (χ2n) is 5.40. The number of aryl methyl sites for hydroxylation is 1. The smallest absolute Gasteiger partial charge is 0.125 e. The van der Waals surface area contributed by atoms with Crippen molar-refractivity contribution in [2.45, 2.75) is 38.4 Å². The molecule has 3 nitrogen and oxygen atoms in total. The number of fused-ring (bicyclic) bond motifs is 1. The fourth-order valence-electron chi connectivity index (χ4n) is 2.97. The van der Waals surface area contributed by atoms with Gasteiger partial charge in [-0.1, -0.05) is 11.6 Å². The zero-order valence-corrected chi connectivity index (χ0v) is 10.8. The van der Waals surface area contributed by atoms with Crippen molar-refractivity contribution in [3.05, 3.63) is 29.3 Å². The largest absolute Gasteiger partial charge is 0.490 e. The molecule has 3 heteroatoms. The van der Waals surface area contributed by atoms with E-state index in [2.05, 4.69) is 0 Å². The van der Waals surface area contributed by atoms with Gasteiger partial charge in [-0.25, -0.2) is 0 Å². The van der Waals surface area contributed by atoms with Crippen LogP contribution >= 0.6 is 0 Å². The average Bonchev–Trinajstić information content (AvgIpc) is 2.40. The van der Waals surface area contributed by atoms with Crippen molar-refractivity contribution in [1.82, 2.24) is 0 Å². The van der Waals surface area contributed by atoms with Gasteiger partial charge in [-0.3, -0.25) is 0 Å². The predicted molar refractivity (Wildman–Crippen MR) is 68.7 cm³/mol. The lowest BCUT2D eigenvalue weighted by molar-refractivity contribution is -0.0150. The van der Waals surface area contributed by atoms with Crippen LogP contribution < -0.4 is 4.74 Å². The second-order valence-corrected chi connectivity index (χ2v) is 5.40. The van der Waals surface area contributed by atoms with Crippen LogP contribution in [0.25, 0.3) is 0 Å². The molecule has 2 heterocycles. The standard InChI is InChI=1S/C15H20O3/c1-10-2-3-14-12(8-10)13(16)9-15(18-14)11-4-6-17-7-5-11/h2-3,8,11,13,15-16H,4-7,9H2,1H3/t13-,15?/m1/s1. The molecular weight excluding hydrogens is 228 g/mol. The van der Waals surface area contributed by atoms with Crippen LogP contribution in [0.4, 0.5) is 0 Å². The molecule has 0 aromatic heterocycles. The van der Waals surface area contributed by atoms with E-state index in [9.17, 15) is 5.11 Å². The zero-order valence-electron chi connectivity index (χ0n) is 10.8. The summed E-state index contributed by atoms with van der Waals surface area (Å²) < 4.78 is 11.5. The van der Waals surface area contributed by atoms with Gasteiger partial charge in [0.05, 0.1) is 6.10 Å². The number of aliphatic hydroxyl groups is 1. The lowest BCUT2D eigenvalue weighted by Crippen LogP contribution is -2.36. The van der Waals surface area contributed by atoms with Crippen LogP contribution in [0.2, 0.25) is 0 Å². The molecule has 2 aliphatic rings. The van der Waals surface area contributed by atoms with Gasteiger partial charge in [-0.05, 0) is 31.9 Å². The molecule has 0 radical (unpaired) electrons. The molecule has 98 valence electrons. The van der Waals surface area contributed by atoms with Crippen molar-refractivity contribution in [3.8, 4) is 5.75 Å². The molecule has 18 heavy (non-hydrogen) atoms. The normalized spacial score (nSPS) is 28.6. The Labute approximate surface area is 108 Å². The summed E-state index contributed by atoms with van der Waals surface area (Å²) in [5.74, 6) is 1.37. The van der Waals surface area contributed by atoms with Gasteiger partial charge in [-0.2, -0.15) is 0 Å². The molecule has 1 saturated heterocycles. The number of hydrogen-bond acceptors (Lipinski definition) is 3. The maximum atomic E-state index is 10.3.